The predicted molar refractivity (Wildman–Crippen MR) is 32.5 cm³/mol. The number of hydrogen-bond donors (Lipinski definition) is 3. The fourth-order valence-corrected chi connectivity index (χ4v) is 0.274. The normalized spacial score (nSPS) is 19.9. The van der Waals surface area contributed by atoms with Crippen molar-refractivity contribution in [3.63, 3.8) is 0 Å². The van der Waals surface area contributed by atoms with Gasteiger partial charge in [0.05, 0.1) is 6.61 Å². The first kappa shape index (κ1) is 8.44. The molecule has 0 fully saturated rings. The summed E-state index contributed by atoms with van der Waals surface area (Å²) in [5.74, 6) is 1.94. The zero-order valence-electron chi connectivity index (χ0n) is 5.20. The monoisotopic (exact) mass is 130 g/mol. The Labute approximate surface area is 53.9 Å². The fourth-order valence-electron chi connectivity index (χ4n) is 0.274. The first-order valence-corrected chi connectivity index (χ1v) is 2.53. The topological polar surface area (TPSA) is 60.7 Å². The zero-order valence-corrected chi connectivity index (χ0v) is 5.20. The van der Waals surface area contributed by atoms with Crippen molar-refractivity contribution in [3.8, 4) is 12.3 Å². The predicted octanol–water partition coefficient (Wildman–Crippen LogP) is -1.28. The van der Waals surface area contributed by atoms with Gasteiger partial charge in [0.15, 0.2) is 0 Å². The van der Waals surface area contributed by atoms with Crippen molar-refractivity contribution in [3.05, 3.63) is 0 Å². The van der Waals surface area contributed by atoms with E-state index < -0.39 is 18.3 Å². The molecule has 0 amide bonds. The lowest BCUT2D eigenvalue weighted by Gasteiger charge is -2.20. The minimum Gasteiger partial charge on any atom is -0.394 e. The van der Waals surface area contributed by atoms with Gasteiger partial charge in [-0.25, -0.2) is 0 Å². The van der Waals surface area contributed by atoms with Gasteiger partial charge in [-0.15, -0.1) is 6.42 Å². The highest BCUT2D eigenvalue weighted by molar-refractivity contribution is 5.08. The molecule has 9 heavy (non-hydrogen) atoms. The summed E-state index contributed by atoms with van der Waals surface area (Å²) in [4.78, 5) is 0. The Kier molecular flexibility index (Phi) is 2.65. The molecule has 3 nitrogen and oxygen atoms in total. The Morgan fingerprint density at radius 3 is 2.33 bits per heavy atom. The van der Waals surface area contributed by atoms with Gasteiger partial charge in [0.25, 0.3) is 0 Å². The van der Waals surface area contributed by atoms with E-state index in [1.165, 1.54) is 6.92 Å². The Morgan fingerprint density at radius 1 is 1.78 bits per heavy atom. The van der Waals surface area contributed by atoms with Crippen LogP contribution < -0.4 is 0 Å². The molecule has 0 aromatic carbocycles. The molecule has 3 heteroatoms. The van der Waals surface area contributed by atoms with E-state index >= 15 is 0 Å². The summed E-state index contributed by atoms with van der Waals surface area (Å²) in [7, 11) is 0. The molecule has 0 aromatic heterocycles. The van der Waals surface area contributed by atoms with Gasteiger partial charge in [-0.2, -0.15) is 0 Å². The van der Waals surface area contributed by atoms with Crippen molar-refractivity contribution in [2.45, 2.75) is 18.6 Å². The van der Waals surface area contributed by atoms with Crippen LogP contribution in [0.2, 0.25) is 0 Å². The molecule has 0 heterocycles. The average Bonchev–Trinajstić information content (AvgIpc) is 1.86. The highest BCUT2D eigenvalue weighted by Crippen LogP contribution is 2.06. The van der Waals surface area contributed by atoms with Crippen molar-refractivity contribution < 1.29 is 15.3 Å². The van der Waals surface area contributed by atoms with Crippen LogP contribution in [0, 0.1) is 12.3 Å². The van der Waals surface area contributed by atoms with E-state index in [0.717, 1.165) is 0 Å². The van der Waals surface area contributed by atoms with E-state index in [1.54, 1.807) is 0 Å². The Hall–Kier alpha value is -0.560. The number of aliphatic hydroxyl groups is 3. The smallest absolute Gasteiger partial charge is 0.150 e. The number of terminal acetylenes is 1. The van der Waals surface area contributed by atoms with E-state index in [4.69, 9.17) is 21.7 Å². The molecule has 0 bridgehead atoms. The van der Waals surface area contributed by atoms with Crippen LogP contribution in [0.5, 0.6) is 0 Å². The maximum atomic E-state index is 8.95. The Balaban J connectivity index is 4.01. The second-order valence-corrected chi connectivity index (χ2v) is 1.99. The molecule has 0 saturated carbocycles. The van der Waals surface area contributed by atoms with Gasteiger partial charge in [0.1, 0.15) is 11.7 Å². The molecule has 0 saturated heterocycles. The quantitative estimate of drug-likeness (QED) is 0.408. The molecule has 0 aromatic rings. The second-order valence-electron chi connectivity index (χ2n) is 1.99. The molecule has 2 atom stereocenters. The van der Waals surface area contributed by atoms with E-state index in [9.17, 15) is 0 Å². The lowest BCUT2D eigenvalue weighted by atomic mass is 10.0. The number of hydrogen-bond acceptors (Lipinski definition) is 3. The summed E-state index contributed by atoms with van der Waals surface area (Å²) in [5.41, 5.74) is -1.62. The number of rotatable bonds is 2. The van der Waals surface area contributed by atoms with Gasteiger partial charge in [0.2, 0.25) is 0 Å². The molecule has 52 valence electrons. The summed E-state index contributed by atoms with van der Waals surface area (Å²) in [6, 6.07) is 0. The molecule has 0 rings (SSSR count). The largest absolute Gasteiger partial charge is 0.394 e. The van der Waals surface area contributed by atoms with Crippen molar-refractivity contribution in [2.75, 3.05) is 6.61 Å². The average molecular weight is 130 g/mol. The molecule has 0 spiro atoms. The van der Waals surface area contributed by atoms with E-state index in [-0.39, 0.29) is 0 Å². The first-order chi connectivity index (χ1) is 4.04. The Morgan fingerprint density at radius 2 is 2.22 bits per heavy atom. The van der Waals surface area contributed by atoms with Crippen molar-refractivity contribution in [1.29, 1.82) is 0 Å². The molecule has 3 N–H and O–H groups in total. The van der Waals surface area contributed by atoms with E-state index in [2.05, 4.69) is 0 Å². The molecule has 0 radical (unpaired) electrons. The maximum absolute atomic E-state index is 8.95. The van der Waals surface area contributed by atoms with Gasteiger partial charge in [-0.05, 0) is 6.92 Å². The maximum Gasteiger partial charge on any atom is 0.150 e. The van der Waals surface area contributed by atoms with Crippen LogP contribution in [0.15, 0.2) is 0 Å². The van der Waals surface area contributed by atoms with Crippen LogP contribution in [0.3, 0.4) is 0 Å². The Bertz CT molecular complexity index is 123. The van der Waals surface area contributed by atoms with Crippen molar-refractivity contribution >= 4 is 0 Å². The summed E-state index contributed by atoms with van der Waals surface area (Å²) in [6.45, 7) is 0.727. The second kappa shape index (κ2) is 2.83. The molecule has 0 aliphatic carbocycles. The standard InChI is InChI=1S/C6H10O3/c1-3-6(2,9)5(8)4-7/h1,5,7-9H,4H2,2H3/t5-,6+/m1/s1. The van der Waals surface area contributed by atoms with E-state index in [1.807, 2.05) is 5.92 Å². The van der Waals surface area contributed by atoms with Crippen LogP contribution >= 0.6 is 0 Å². The summed E-state index contributed by atoms with van der Waals surface area (Å²) >= 11 is 0. The van der Waals surface area contributed by atoms with Gasteiger partial charge in [-0.1, -0.05) is 5.92 Å². The number of aliphatic hydroxyl groups excluding tert-OH is 2. The molecular weight excluding hydrogens is 120 g/mol. The van der Waals surface area contributed by atoms with Crippen molar-refractivity contribution in [1.82, 2.24) is 0 Å². The molecule has 0 aliphatic heterocycles. The summed E-state index contributed by atoms with van der Waals surface area (Å²) < 4.78 is 0. The van der Waals surface area contributed by atoms with Crippen molar-refractivity contribution in [2.24, 2.45) is 0 Å². The first-order valence-electron chi connectivity index (χ1n) is 2.53. The third kappa shape index (κ3) is 2.02. The van der Waals surface area contributed by atoms with Gasteiger partial charge < -0.3 is 15.3 Å². The molecular formula is C6H10O3. The third-order valence-electron chi connectivity index (χ3n) is 1.11. The zero-order chi connectivity index (χ0) is 7.49. The van der Waals surface area contributed by atoms with Crippen LogP contribution in [-0.4, -0.2) is 33.6 Å². The summed E-state index contributed by atoms with van der Waals surface area (Å²) in [6.07, 6.45) is 3.55. The molecule has 0 unspecified atom stereocenters. The third-order valence-corrected chi connectivity index (χ3v) is 1.11. The van der Waals surface area contributed by atoms with Gasteiger partial charge in [-0.3, -0.25) is 0 Å². The SMILES string of the molecule is C#C[C@](C)(O)[C@H](O)CO. The van der Waals surface area contributed by atoms with Crippen LogP contribution in [0.25, 0.3) is 0 Å². The highest BCUT2D eigenvalue weighted by Gasteiger charge is 2.26. The minimum absolute atomic E-state index is 0.531. The van der Waals surface area contributed by atoms with Gasteiger partial charge in [0, 0.05) is 0 Å². The lowest BCUT2D eigenvalue weighted by Crippen LogP contribution is -2.40. The lowest BCUT2D eigenvalue weighted by molar-refractivity contribution is -0.0459. The van der Waals surface area contributed by atoms with Gasteiger partial charge >= 0.3 is 0 Å². The summed E-state index contributed by atoms with van der Waals surface area (Å²) in [5, 5.41) is 26.0. The fraction of sp³-hybridized carbons (Fsp3) is 0.667. The van der Waals surface area contributed by atoms with E-state index in [0.29, 0.717) is 0 Å². The molecule has 0 aliphatic rings. The highest BCUT2D eigenvalue weighted by atomic mass is 16.4. The van der Waals surface area contributed by atoms with Crippen LogP contribution in [0.4, 0.5) is 0 Å². The van der Waals surface area contributed by atoms with Crippen LogP contribution in [-0.2, 0) is 0 Å². The minimum atomic E-state index is -1.62. The van der Waals surface area contributed by atoms with Crippen LogP contribution in [0.1, 0.15) is 6.92 Å².